The molecule has 1 atom stereocenters. The maximum atomic E-state index is 10.2. The molecule has 0 spiro atoms. The highest BCUT2D eigenvalue weighted by atomic mass is 16.3. The average molecular weight is 317 g/mol. The van der Waals surface area contributed by atoms with E-state index in [0.29, 0.717) is 13.0 Å². The van der Waals surface area contributed by atoms with Crippen molar-refractivity contribution in [3.8, 4) is 0 Å². The molecule has 0 aliphatic carbocycles. The topological polar surface area (TPSA) is 60.7 Å². The van der Waals surface area contributed by atoms with Crippen LogP contribution in [0, 0.1) is 0 Å². The molecule has 0 saturated heterocycles. The highest BCUT2D eigenvalue weighted by Gasteiger charge is 2.36. The first-order chi connectivity index (χ1) is 10.3. The van der Waals surface area contributed by atoms with Gasteiger partial charge in [-0.3, -0.25) is 0 Å². The minimum atomic E-state index is -1.02. The molecule has 0 fully saturated rings. The van der Waals surface area contributed by atoms with Crippen LogP contribution in [0.2, 0.25) is 0 Å². The zero-order valence-corrected chi connectivity index (χ0v) is 15.2. The molecule has 0 heterocycles. The van der Waals surface area contributed by atoms with Gasteiger partial charge in [0, 0.05) is 6.61 Å². The summed E-state index contributed by atoms with van der Waals surface area (Å²) >= 11 is 0. The Labute approximate surface area is 138 Å². The SMILES string of the molecule is CC(C)(O)C(C)(O)CCCCCCCCCCCCCCO. The predicted octanol–water partition coefficient (Wildman–Crippen LogP) is 4.57. The van der Waals surface area contributed by atoms with Gasteiger partial charge in [0.25, 0.3) is 0 Å². The van der Waals surface area contributed by atoms with Crippen molar-refractivity contribution >= 4 is 0 Å². The van der Waals surface area contributed by atoms with Crippen molar-refractivity contribution in [2.45, 2.75) is 115 Å². The molecule has 134 valence electrons. The largest absolute Gasteiger partial charge is 0.396 e. The normalized spacial score (nSPS) is 15.0. The summed E-state index contributed by atoms with van der Waals surface area (Å²) in [6, 6.07) is 0. The summed E-state index contributed by atoms with van der Waals surface area (Å²) in [5.74, 6) is 0. The number of rotatable bonds is 15. The molecular formula is C19H40O3. The Hall–Kier alpha value is -0.120. The van der Waals surface area contributed by atoms with Crippen molar-refractivity contribution in [3.05, 3.63) is 0 Å². The standard InChI is InChI=1S/C19H40O3/c1-18(2,21)19(3,22)16-14-12-10-8-6-4-5-7-9-11-13-15-17-20/h20-22H,4-17H2,1-3H3. The molecule has 0 aromatic carbocycles. The Morgan fingerprint density at radius 3 is 1.18 bits per heavy atom. The van der Waals surface area contributed by atoms with Crippen molar-refractivity contribution in [2.75, 3.05) is 6.61 Å². The van der Waals surface area contributed by atoms with E-state index in [1.165, 1.54) is 57.8 Å². The number of hydrogen-bond donors (Lipinski definition) is 3. The van der Waals surface area contributed by atoms with Crippen LogP contribution in [0.15, 0.2) is 0 Å². The molecular weight excluding hydrogens is 276 g/mol. The molecule has 3 N–H and O–H groups in total. The fourth-order valence-electron chi connectivity index (χ4n) is 2.65. The first kappa shape index (κ1) is 21.9. The quantitative estimate of drug-likeness (QED) is 0.388. The summed E-state index contributed by atoms with van der Waals surface area (Å²) in [5.41, 5.74) is -2.01. The second kappa shape index (κ2) is 12.3. The fraction of sp³-hybridized carbons (Fsp3) is 1.00. The van der Waals surface area contributed by atoms with Gasteiger partial charge in [-0.15, -0.1) is 0 Å². The van der Waals surface area contributed by atoms with E-state index in [4.69, 9.17) is 5.11 Å². The van der Waals surface area contributed by atoms with Crippen molar-refractivity contribution in [2.24, 2.45) is 0 Å². The van der Waals surface area contributed by atoms with E-state index in [-0.39, 0.29) is 0 Å². The van der Waals surface area contributed by atoms with Crippen LogP contribution in [0.5, 0.6) is 0 Å². The van der Waals surface area contributed by atoms with Gasteiger partial charge < -0.3 is 15.3 Å². The molecule has 3 nitrogen and oxygen atoms in total. The Morgan fingerprint density at radius 2 is 0.864 bits per heavy atom. The lowest BCUT2D eigenvalue weighted by Crippen LogP contribution is -2.47. The summed E-state index contributed by atoms with van der Waals surface area (Å²) in [7, 11) is 0. The van der Waals surface area contributed by atoms with E-state index in [0.717, 1.165) is 19.3 Å². The van der Waals surface area contributed by atoms with Gasteiger partial charge in [-0.2, -0.15) is 0 Å². The summed E-state index contributed by atoms with van der Waals surface area (Å²) in [4.78, 5) is 0. The van der Waals surface area contributed by atoms with Gasteiger partial charge in [0.15, 0.2) is 0 Å². The molecule has 1 unspecified atom stereocenters. The average Bonchev–Trinajstić information content (AvgIpc) is 2.42. The van der Waals surface area contributed by atoms with E-state index in [9.17, 15) is 10.2 Å². The second-order valence-corrected chi connectivity index (χ2v) is 7.55. The van der Waals surface area contributed by atoms with Crippen LogP contribution in [-0.2, 0) is 0 Å². The Balaban J connectivity index is 3.28. The van der Waals surface area contributed by atoms with Crippen LogP contribution >= 0.6 is 0 Å². The van der Waals surface area contributed by atoms with Crippen molar-refractivity contribution in [3.63, 3.8) is 0 Å². The number of aliphatic hydroxyl groups is 3. The third-order valence-electron chi connectivity index (χ3n) is 4.89. The van der Waals surface area contributed by atoms with E-state index in [2.05, 4.69) is 0 Å². The van der Waals surface area contributed by atoms with Gasteiger partial charge in [0.1, 0.15) is 0 Å². The van der Waals surface area contributed by atoms with Crippen LogP contribution < -0.4 is 0 Å². The maximum Gasteiger partial charge on any atom is 0.0900 e. The van der Waals surface area contributed by atoms with E-state index in [1.807, 2.05) is 0 Å². The van der Waals surface area contributed by atoms with Crippen molar-refractivity contribution in [1.82, 2.24) is 0 Å². The highest BCUT2D eigenvalue weighted by molar-refractivity contribution is 4.89. The van der Waals surface area contributed by atoms with Crippen LogP contribution in [0.25, 0.3) is 0 Å². The fourth-order valence-corrected chi connectivity index (χ4v) is 2.65. The van der Waals surface area contributed by atoms with Gasteiger partial charge in [-0.25, -0.2) is 0 Å². The molecule has 0 aliphatic rings. The van der Waals surface area contributed by atoms with Crippen molar-refractivity contribution < 1.29 is 15.3 Å². The van der Waals surface area contributed by atoms with E-state index >= 15 is 0 Å². The summed E-state index contributed by atoms with van der Waals surface area (Å²) < 4.78 is 0. The number of unbranched alkanes of at least 4 members (excludes halogenated alkanes) is 11. The summed E-state index contributed by atoms with van der Waals surface area (Å²) in [6.45, 7) is 5.42. The lowest BCUT2D eigenvalue weighted by atomic mass is 9.83. The third kappa shape index (κ3) is 11.4. The lowest BCUT2D eigenvalue weighted by Gasteiger charge is -2.35. The van der Waals surface area contributed by atoms with Gasteiger partial charge in [-0.05, 0) is 33.6 Å². The molecule has 0 aromatic heterocycles. The van der Waals surface area contributed by atoms with Gasteiger partial charge in [0.2, 0.25) is 0 Å². The summed E-state index contributed by atoms with van der Waals surface area (Å²) in [6.07, 6.45) is 15.4. The zero-order chi connectivity index (χ0) is 16.9. The first-order valence-electron chi connectivity index (χ1n) is 9.37. The maximum absolute atomic E-state index is 10.2. The predicted molar refractivity (Wildman–Crippen MR) is 94.0 cm³/mol. The highest BCUT2D eigenvalue weighted by Crippen LogP contribution is 2.27. The minimum Gasteiger partial charge on any atom is -0.396 e. The molecule has 3 heteroatoms. The third-order valence-corrected chi connectivity index (χ3v) is 4.89. The second-order valence-electron chi connectivity index (χ2n) is 7.55. The molecule has 0 saturated carbocycles. The molecule has 22 heavy (non-hydrogen) atoms. The Morgan fingerprint density at radius 1 is 0.545 bits per heavy atom. The molecule has 0 radical (unpaired) electrons. The lowest BCUT2D eigenvalue weighted by molar-refractivity contribution is -0.124. The summed E-state index contributed by atoms with van der Waals surface area (Å²) in [5, 5.41) is 28.7. The number of aliphatic hydroxyl groups excluding tert-OH is 1. The molecule has 0 bridgehead atoms. The zero-order valence-electron chi connectivity index (χ0n) is 15.2. The van der Waals surface area contributed by atoms with Gasteiger partial charge >= 0.3 is 0 Å². The van der Waals surface area contributed by atoms with Gasteiger partial charge in [-0.1, -0.05) is 70.6 Å². The molecule has 0 rings (SSSR count). The van der Waals surface area contributed by atoms with Crippen molar-refractivity contribution in [1.29, 1.82) is 0 Å². The Kier molecular flexibility index (Phi) is 12.3. The Bertz CT molecular complexity index is 244. The first-order valence-corrected chi connectivity index (χ1v) is 9.37. The van der Waals surface area contributed by atoms with Crippen LogP contribution in [0.4, 0.5) is 0 Å². The number of hydrogen-bond acceptors (Lipinski definition) is 3. The van der Waals surface area contributed by atoms with Crippen LogP contribution in [0.1, 0.15) is 104 Å². The van der Waals surface area contributed by atoms with Crippen LogP contribution in [-0.4, -0.2) is 33.1 Å². The molecule has 0 aromatic rings. The van der Waals surface area contributed by atoms with E-state index < -0.39 is 11.2 Å². The minimum absolute atomic E-state index is 0.339. The monoisotopic (exact) mass is 316 g/mol. The van der Waals surface area contributed by atoms with Crippen LogP contribution in [0.3, 0.4) is 0 Å². The van der Waals surface area contributed by atoms with E-state index in [1.54, 1.807) is 20.8 Å². The molecule has 0 aliphatic heterocycles. The van der Waals surface area contributed by atoms with Gasteiger partial charge in [0.05, 0.1) is 11.2 Å². The molecule has 0 amide bonds. The smallest absolute Gasteiger partial charge is 0.0900 e.